The molecule has 2 atom stereocenters. The number of rotatable bonds is 2. The molecule has 0 aliphatic heterocycles. The highest BCUT2D eigenvalue weighted by atomic mass is 15.0. The monoisotopic (exact) mass is 166 g/mol. The van der Waals surface area contributed by atoms with Crippen molar-refractivity contribution >= 4 is 0 Å². The number of hydrogen-bond acceptors (Lipinski definition) is 1. The smallest absolute Gasteiger partial charge is 0.00723 e. The first-order valence-corrected chi connectivity index (χ1v) is 5.44. The third kappa shape index (κ3) is 2.01. The highest BCUT2D eigenvalue weighted by Crippen LogP contribution is 2.27. The molecule has 2 aliphatic rings. The Balaban J connectivity index is 1.72. The Morgan fingerprint density at radius 1 is 0.917 bits per heavy atom. The van der Waals surface area contributed by atoms with Gasteiger partial charge >= 0.3 is 0 Å². The summed E-state index contributed by atoms with van der Waals surface area (Å²) in [4.78, 5) is 0. The van der Waals surface area contributed by atoms with E-state index in [1.54, 1.807) is 0 Å². The molecule has 0 amide bonds. The van der Waals surface area contributed by atoms with Gasteiger partial charge in [-0.15, -0.1) is 0 Å². The molecule has 1 N–H and O–H groups in total. The van der Waals surface area contributed by atoms with Crippen molar-refractivity contribution in [1.82, 2.24) is 5.32 Å². The summed E-state index contributed by atoms with van der Waals surface area (Å²) >= 11 is 0. The third-order valence-electron chi connectivity index (χ3n) is 3.37. The summed E-state index contributed by atoms with van der Waals surface area (Å²) in [6.45, 7) is 4.12. The highest BCUT2D eigenvalue weighted by molar-refractivity contribution is 4.85. The second-order valence-electron chi connectivity index (χ2n) is 4.52. The van der Waals surface area contributed by atoms with Crippen LogP contribution in [0.5, 0.6) is 0 Å². The van der Waals surface area contributed by atoms with E-state index in [9.17, 15) is 0 Å². The van der Waals surface area contributed by atoms with Crippen LogP contribution in [0, 0.1) is 12.8 Å². The van der Waals surface area contributed by atoms with Gasteiger partial charge in [0, 0.05) is 12.1 Å². The van der Waals surface area contributed by atoms with Crippen molar-refractivity contribution < 1.29 is 0 Å². The zero-order chi connectivity index (χ0) is 8.39. The first-order chi connectivity index (χ1) is 5.84. The van der Waals surface area contributed by atoms with E-state index in [-0.39, 0.29) is 0 Å². The predicted octanol–water partition coefficient (Wildman–Crippen LogP) is 2.52. The average Bonchev–Trinajstić information content (AvgIpc) is 2.63. The normalized spacial score (nSPS) is 37.8. The van der Waals surface area contributed by atoms with Gasteiger partial charge in [-0.25, -0.2) is 0 Å². The lowest BCUT2D eigenvalue weighted by molar-refractivity contribution is 0.429. The molecule has 1 heteroatoms. The molecule has 0 bridgehead atoms. The first-order valence-electron chi connectivity index (χ1n) is 5.44. The van der Waals surface area contributed by atoms with E-state index < -0.39 is 0 Å². The largest absolute Gasteiger partial charge is 0.311 e. The minimum atomic E-state index is 0.726. The lowest BCUT2D eigenvalue weighted by Gasteiger charge is -2.18. The summed E-state index contributed by atoms with van der Waals surface area (Å²) in [6.07, 6.45) is 9.73. The quantitative estimate of drug-likeness (QED) is 0.664. The van der Waals surface area contributed by atoms with Crippen molar-refractivity contribution in [3.63, 3.8) is 0 Å². The Bertz CT molecular complexity index is 138. The SMILES string of the molecule is [CH2]C1CCC(NC2CCCC2)C1. The van der Waals surface area contributed by atoms with Crippen LogP contribution in [0.2, 0.25) is 0 Å². The van der Waals surface area contributed by atoms with Gasteiger partial charge in [-0.05, 0) is 38.0 Å². The minimum Gasteiger partial charge on any atom is -0.311 e. The van der Waals surface area contributed by atoms with Gasteiger partial charge in [-0.3, -0.25) is 0 Å². The molecule has 0 aromatic rings. The molecular formula is C11H20N. The molecule has 2 aliphatic carbocycles. The maximum absolute atomic E-state index is 4.12. The van der Waals surface area contributed by atoms with Crippen LogP contribution in [0.25, 0.3) is 0 Å². The second kappa shape index (κ2) is 3.78. The van der Waals surface area contributed by atoms with Crippen molar-refractivity contribution in [3.8, 4) is 0 Å². The molecule has 2 saturated carbocycles. The topological polar surface area (TPSA) is 12.0 Å². The van der Waals surface area contributed by atoms with Crippen molar-refractivity contribution in [1.29, 1.82) is 0 Å². The van der Waals surface area contributed by atoms with Crippen molar-refractivity contribution in [2.45, 2.75) is 57.0 Å². The molecule has 0 heterocycles. The zero-order valence-corrected chi connectivity index (χ0v) is 7.89. The molecule has 0 aromatic heterocycles. The lowest BCUT2D eigenvalue weighted by atomic mass is 10.1. The van der Waals surface area contributed by atoms with E-state index in [0.717, 1.165) is 18.0 Å². The average molecular weight is 166 g/mol. The van der Waals surface area contributed by atoms with Crippen LogP contribution in [0.3, 0.4) is 0 Å². The van der Waals surface area contributed by atoms with Crippen molar-refractivity contribution in [3.05, 3.63) is 6.92 Å². The van der Waals surface area contributed by atoms with Crippen LogP contribution < -0.4 is 5.32 Å². The van der Waals surface area contributed by atoms with Crippen LogP contribution in [-0.2, 0) is 0 Å². The summed E-state index contributed by atoms with van der Waals surface area (Å²) in [5.41, 5.74) is 0. The molecule has 2 fully saturated rings. The summed E-state index contributed by atoms with van der Waals surface area (Å²) in [5, 5.41) is 3.77. The summed E-state index contributed by atoms with van der Waals surface area (Å²) < 4.78 is 0. The summed E-state index contributed by atoms with van der Waals surface area (Å²) in [7, 11) is 0. The van der Waals surface area contributed by atoms with Gasteiger partial charge in [0.1, 0.15) is 0 Å². The summed E-state index contributed by atoms with van der Waals surface area (Å²) in [5.74, 6) is 0.726. The Labute approximate surface area is 75.9 Å². The van der Waals surface area contributed by atoms with Crippen LogP contribution in [0.4, 0.5) is 0 Å². The van der Waals surface area contributed by atoms with E-state index in [0.29, 0.717) is 0 Å². The van der Waals surface area contributed by atoms with E-state index in [1.807, 2.05) is 0 Å². The fourth-order valence-electron chi connectivity index (χ4n) is 2.65. The second-order valence-corrected chi connectivity index (χ2v) is 4.52. The Morgan fingerprint density at radius 2 is 1.67 bits per heavy atom. The standard InChI is InChI=1S/C11H20N/c1-9-6-7-11(8-9)12-10-4-2-3-5-10/h9-12H,1-8H2. The molecule has 2 rings (SSSR count). The number of hydrogen-bond donors (Lipinski definition) is 1. The fraction of sp³-hybridized carbons (Fsp3) is 0.909. The highest BCUT2D eigenvalue weighted by Gasteiger charge is 2.24. The van der Waals surface area contributed by atoms with E-state index in [4.69, 9.17) is 0 Å². The van der Waals surface area contributed by atoms with Gasteiger partial charge < -0.3 is 5.32 Å². The molecule has 0 saturated heterocycles. The van der Waals surface area contributed by atoms with Crippen molar-refractivity contribution in [2.24, 2.45) is 5.92 Å². The maximum atomic E-state index is 4.12. The van der Waals surface area contributed by atoms with Crippen molar-refractivity contribution in [2.75, 3.05) is 0 Å². The molecular weight excluding hydrogens is 146 g/mol. The Hall–Kier alpha value is -0.0400. The van der Waals surface area contributed by atoms with E-state index >= 15 is 0 Å². The molecule has 0 aromatic carbocycles. The van der Waals surface area contributed by atoms with Crippen LogP contribution in [0.1, 0.15) is 44.9 Å². The lowest BCUT2D eigenvalue weighted by Crippen LogP contribution is -2.34. The van der Waals surface area contributed by atoms with Crippen LogP contribution in [0.15, 0.2) is 0 Å². The van der Waals surface area contributed by atoms with Gasteiger partial charge in [0.25, 0.3) is 0 Å². The predicted molar refractivity (Wildman–Crippen MR) is 51.9 cm³/mol. The van der Waals surface area contributed by atoms with Gasteiger partial charge in [-0.1, -0.05) is 19.8 Å². The fourth-order valence-corrected chi connectivity index (χ4v) is 2.65. The molecule has 1 nitrogen and oxygen atoms in total. The van der Waals surface area contributed by atoms with Gasteiger partial charge in [-0.2, -0.15) is 0 Å². The van der Waals surface area contributed by atoms with Gasteiger partial charge in [0.05, 0.1) is 0 Å². The first kappa shape index (κ1) is 8.55. The summed E-state index contributed by atoms with van der Waals surface area (Å²) in [6, 6.07) is 1.65. The van der Waals surface area contributed by atoms with Crippen LogP contribution in [-0.4, -0.2) is 12.1 Å². The maximum Gasteiger partial charge on any atom is 0.00723 e. The van der Waals surface area contributed by atoms with Gasteiger partial charge in [0.15, 0.2) is 0 Å². The molecule has 69 valence electrons. The van der Waals surface area contributed by atoms with E-state index in [1.165, 1.54) is 44.9 Å². The Kier molecular flexibility index (Phi) is 2.69. The molecule has 12 heavy (non-hydrogen) atoms. The van der Waals surface area contributed by atoms with E-state index in [2.05, 4.69) is 12.2 Å². The molecule has 2 unspecified atom stereocenters. The van der Waals surface area contributed by atoms with Gasteiger partial charge in [0.2, 0.25) is 0 Å². The van der Waals surface area contributed by atoms with Crippen LogP contribution >= 0.6 is 0 Å². The Morgan fingerprint density at radius 3 is 2.25 bits per heavy atom. The molecule has 1 radical (unpaired) electrons. The molecule has 0 spiro atoms. The number of nitrogens with one attached hydrogen (secondary N) is 1. The minimum absolute atomic E-state index is 0.726. The third-order valence-corrected chi connectivity index (χ3v) is 3.37. The zero-order valence-electron chi connectivity index (χ0n) is 7.89.